The van der Waals surface area contributed by atoms with E-state index in [1.165, 1.54) is 11.1 Å². The summed E-state index contributed by atoms with van der Waals surface area (Å²) in [5.74, 6) is 0.504. The molecule has 1 saturated heterocycles. The van der Waals surface area contributed by atoms with Gasteiger partial charge in [-0.15, -0.1) is 0 Å². The number of aromatic amines is 1. The standard InChI is InChI=1S/C48H59N10O18P3/c1-4-56-19-8-11-27-21-31-35(23-33(27)56)72-36-24-34-28(12-9-20-57(34)5-2)22-32(36)39(31)29-13-6-7-14-30(29)45(62)55(3)18-10-15-38(59)50-16-17-51-48(63)74-42-41(60)37(25-71-78(67,68)76-79(69,70)75-77(64,65)66)73-46(42)58-26-52-40-43(58)53-47(49)54-44(40)61/h6-7,13-14,21-24,26,37,41-42,46,60H,4-5,8-12,15-20,25H2,1-3H3,(H8-,49,50,51,53,54,59,61,63,64,65,66,67,68,69,70)/p+1/t37-,41-,42-,46-/m1/s1. The van der Waals surface area contributed by atoms with Gasteiger partial charge in [0, 0.05) is 91.8 Å². The number of aryl methyl sites for hydroxylation is 2. The van der Waals surface area contributed by atoms with Crippen LogP contribution in [0.1, 0.15) is 78.4 Å². The third kappa shape index (κ3) is 12.8. The van der Waals surface area contributed by atoms with Crippen molar-refractivity contribution < 1.29 is 80.1 Å². The van der Waals surface area contributed by atoms with Gasteiger partial charge in [-0.3, -0.25) is 28.5 Å². The predicted octanol–water partition coefficient (Wildman–Crippen LogP) is 1.65. The molecule has 6 atom stereocenters. The quantitative estimate of drug-likeness (QED) is 0.0298. The Labute approximate surface area is 450 Å². The van der Waals surface area contributed by atoms with Crippen LogP contribution in [0.3, 0.4) is 0 Å². The van der Waals surface area contributed by atoms with E-state index in [2.05, 4.69) is 86.3 Å². The number of amides is 3. The average molecular weight is 1160 g/mol. The van der Waals surface area contributed by atoms with E-state index in [1.807, 2.05) is 24.3 Å². The highest BCUT2D eigenvalue weighted by Crippen LogP contribution is 2.66. The Hall–Kier alpha value is -6.38. The van der Waals surface area contributed by atoms with Crippen molar-refractivity contribution in [2.24, 2.45) is 0 Å². The number of phosphoric ester groups is 1. The van der Waals surface area contributed by atoms with Crippen LogP contribution in [0.25, 0.3) is 16.7 Å². The number of ether oxygens (including phenoxy) is 3. The highest BCUT2D eigenvalue weighted by Gasteiger charge is 2.50. The number of aromatic nitrogens is 4. The molecule has 9 rings (SSSR count). The fraction of sp³-hybridized carbons (Fsp3) is 0.438. The highest BCUT2D eigenvalue weighted by atomic mass is 31.3. The Balaban J connectivity index is 0.826. The van der Waals surface area contributed by atoms with E-state index in [4.69, 9.17) is 29.7 Å². The number of nitrogen functional groups attached to an aromatic ring is 1. The number of benzene rings is 3. The number of imidazole rings is 1. The summed E-state index contributed by atoms with van der Waals surface area (Å²) < 4.78 is 68.9. The fourth-order valence-corrected chi connectivity index (χ4v) is 13.3. The van der Waals surface area contributed by atoms with Gasteiger partial charge in [0.2, 0.25) is 17.2 Å². The second-order valence-electron chi connectivity index (χ2n) is 19.0. The molecule has 4 aliphatic rings. The molecule has 4 aliphatic heterocycles. The van der Waals surface area contributed by atoms with E-state index in [1.54, 1.807) is 11.9 Å². The molecule has 0 radical (unpaired) electrons. The van der Waals surface area contributed by atoms with Gasteiger partial charge in [0.25, 0.3) is 11.5 Å². The van der Waals surface area contributed by atoms with Crippen molar-refractivity contribution in [1.82, 2.24) is 39.6 Å². The minimum absolute atomic E-state index is 0.0221. The Bertz CT molecular complexity index is 3560. The van der Waals surface area contributed by atoms with Crippen LogP contribution in [0.15, 0.2) is 59.7 Å². The first-order valence-corrected chi connectivity index (χ1v) is 29.8. The number of nitrogens with one attached hydrogen (secondary N) is 3. The molecule has 2 unspecified atom stereocenters. The van der Waals surface area contributed by atoms with Gasteiger partial charge >= 0.3 is 29.6 Å². The van der Waals surface area contributed by atoms with E-state index in [0.29, 0.717) is 12.0 Å². The Kier molecular flexibility index (Phi) is 17.0. The summed E-state index contributed by atoms with van der Waals surface area (Å²) in [5.41, 5.74) is 11.2. The second kappa shape index (κ2) is 23.4. The van der Waals surface area contributed by atoms with Crippen LogP contribution in [0.2, 0.25) is 0 Å². The summed E-state index contributed by atoms with van der Waals surface area (Å²) in [4.78, 5) is 105. The number of aliphatic hydroxyl groups is 1. The van der Waals surface area contributed by atoms with E-state index in [0.717, 1.165) is 107 Å². The van der Waals surface area contributed by atoms with Gasteiger partial charge in [-0.25, -0.2) is 28.0 Å². The second-order valence-corrected chi connectivity index (χ2v) is 23.5. The zero-order valence-corrected chi connectivity index (χ0v) is 45.7. The van der Waals surface area contributed by atoms with Crippen molar-refractivity contribution in [3.05, 3.63) is 104 Å². The van der Waals surface area contributed by atoms with Crippen LogP contribution in [0, 0.1) is 0 Å². The van der Waals surface area contributed by atoms with Crippen molar-refractivity contribution in [2.45, 2.75) is 76.9 Å². The summed E-state index contributed by atoms with van der Waals surface area (Å²) in [7, 11) is -15.6. The zero-order chi connectivity index (χ0) is 56.6. The number of alkyl carbamates (subject to hydrolysis) is 1. The van der Waals surface area contributed by atoms with E-state index in [9.17, 15) is 47.8 Å². The Morgan fingerprint density at radius 3 is 2.48 bits per heavy atom. The highest BCUT2D eigenvalue weighted by molar-refractivity contribution is 7.66. The first-order chi connectivity index (χ1) is 37.5. The molecule has 0 spiro atoms. The molecule has 0 bridgehead atoms. The number of hydrogen-bond donors (Lipinski definition) is 9. The number of phosphoric acid groups is 3. The molecule has 424 valence electrons. The number of nitrogens with zero attached hydrogens (tertiary/aromatic N) is 6. The van der Waals surface area contributed by atoms with Crippen LogP contribution in [-0.2, 0) is 54.0 Å². The van der Waals surface area contributed by atoms with Gasteiger partial charge in [0.15, 0.2) is 23.5 Å². The number of H-pyrrole nitrogens is 1. The lowest BCUT2D eigenvalue weighted by atomic mass is 9.86. The topological polar surface area (TPSA) is 382 Å². The first kappa shape index (κ1) is 57.3. The fourth-order valence-electron chi connectivity index (χ4n) is 10.2. The van der Waals surface area contributed by atoms with Crippen molar-refractivity contribution in [3.63, 3.8) is 0 Å². The number of rotatable bonds is 20. The molecular weight excluding hydrogens is 1100 g/mol. The smallest absolute Gasteiger partial charge is 0.456 e. The zero-order valence-electron chi connectivity index (χ0n) is 43.1. The lowest BCUT2D eigenvalue weighted by molar-refractivity contribution is -0.121. The monoisotopic (exact) mass is 1160 g/mol. The van der Waals surface area contributed by atoms with Crippen LogP contribution < -0.4 is 46.7 Å². The number of carbonyl (C=O) groups excluding carboxylic acids is 3. The molecule has 0 aliphatic carbocycles. The summed E-state index contributed by atoms with van der Waals surface area (Å²) in [6.45, 7) is 6.77. The maximum absolute atomic E-state index is 14.5. The summed E-state index contributed by atoms with van der Waals surface area (Å²) in [6, 6.07) is 16.3. The van der Waals surface area contributed by atoms with Gasteiger partial charge < -0.3 is 65.1 Å². The molecule has 31 heteroatoms. The third-order valence-electron chi connectivity index (χ3n) is 13.8. The first-order valence-electron chi connectivity index (χ1n) is 25.3. The van der Waals surface area contributed by atoms with Crippen LogP contribution in [-0.4, -0.2) is 145 Å². The molecule has 3 amide bonds. The van der Waals surface area contributed by atoms with Gasteiger partial charge in [0.05, 0.1) is 19.0 Å². The minimum atomic E-state index is -5.90. The summed E-state index contributed by atoms with van der Waals surface area (Å²) in [5, 5.41) is 18.4. The summed E-state index contributed by atoms with van der Waals surface area (Å²) in [6.07, 6.45) is -2.88. The SMILES string of the molecule is CCN1CCCc2cc3c(cc21)Oc1cc2c(cc1=C3c1ccccc1C(=O)N(C)CCCC(=O)NCCNC(=O)O[C@@H]1[C@H](O)[C@@H](COP(=O)(O)OP(=O)(O)OP(=O)(O)O)O[C@H]1n1cnc3c(=O)[nH]c(N)nc31)CCC[N+]=2CC. The molecule has 79 heavy (non-hydrogen) atoms. The number of aliphatic hydroxyl groups excluding tert-OH is 1. The molecular formula is C48H60N10O18P3+. The largest absolute Gasteiger partial charge is 0.490 e. The van der Waals surface area contributed by atoms with Crippen molar-refractivity contribution in [1.29, 1.82) is 0 Å². The van der Waals surface area contributed by atoms with Gasteiger partial charge in [-0.1, -0.05) is 18.2 Å². The minimum Gasteiger partial charge on any atom is -0.456 e. The van der Waals surface area contributed by atoms with Crippen molar-refractivity contribution >= 4 is 69.7 Å². The van der Waals surface area contributed by atoms with E-state index < -0.39 is 66.3 Å². The maximum Gasteiger partial charge on any atom is 0.490 e. The average Bonchev–Trinajstić information content (AvgIpc) is 4.02. The number of carbonyl (C=O) groups is 3. The molecule has 0 saturated carbocycles. The Morgan fingerprint density at radius 1 is 0.962 bits per heavy atom. The molecule has 1 fully saturated rings. The maximum atomic E-state index is 14.5. The molecule has 2 aromatic heterocycles. The molecule has 3 aromatic carbocycles. The van der Waals surface area contributed by atoms with Crippen LogP contribution in [0.4, 0.5) is 16.4 Å². The lowest BCUT2D eigenvalue weighted by Crippen LogP contribution is -2.41. The predicted molar refractivity (Wildman–Crippen MR) is 281 cm³/mol. The van der Waals surface area contributed by atoms with Gasteiger partial charge in [-0.05, 0) is 68.9 Å². The van der Waals surface area contributed by atoms with Crippen molar-refractivity contribution in [3.8, 4) is 11.5 Å². The molecule has 10 N–H and O–H groups in total. The molecule has 6 heterocycles. The third-order valence-corrected chi connectivity index (χ3v) is 17.6. The lowest BCUT2D eigenvalue weighted by Gasteiger charge is -2.33. The van der Waals surface area contributed by atoms with Gasteiger partial charge in [-0.2, -0.15) is 13.6 Å². The molecule has 28 nitrogen and oxygen atoms in total. The van der Waals surface area contributed by atoms with Crippen molar-refractivity contribution in [2.75, 3.05) is 70.1 Å². The van der Waals surface area contributed by atoms with Gasteiger partial charge in [0.1, 0.15) is 36.8 Å². The number of anilines is 2. The Morgan fingerprint density at radius 2 is 1.72 bits per heavy atom. The number of hydrogen-bond acceptors (Lipinski definition) is 18. The number of nitrogens with two attached hydrogens (primary N) is 1. The van der Waals surface area contributed by atoms with Crippen LogP contribution in [0.5, 0.6) is 11.5 Å². The van der Waals surface area contributed by atoms with E-state index in [-0.39, 0.29) is 55.0 Å². The van der Waals surface area contributed by atoms with E-state index >= 15 is 0 Å². The summed E-state index contributed by atoms with van der Waals surface area (Å²) >= 11 is 0. The number of fused-ring (bicyclic) bond motifs is 5. The van der Waals surface area contributed by atoms with Crippen LogP contribution >= 0.6 is 23.5 Å². The molecule has 5 aromatic rings. The normalized spacial score (nSPS) is 20.2.